The fourth-order valence-corrected chi connectivity index (χ4v) is 0.379. The molecule has 0 fully saturated rings. The third-order valence-corrected chi connectivity index (χ3v) is 0.754. The zero-order valence-corrected chi connectivity index (χ0v) is 6.36. The largest absolute Gasteiger partial charge is 0.432 e. The molecule has 0 rings (SSSR count). The number of ether oxygens (including phenoxy) is 2. The first-order chi connectivity index (χ1) is 5.70. The second-order valence-electron chi connectivity index (χ2n) is 1.54. The molecule has 0 N–H and O–H groups in total. The summed E-state index contributed by atoms with van der Waals surface area (Å²) in [5, 5.41) is 0. The zero-order valence-electron chi connectivity index (χ0n) is 6.36. The van der Waals surface area contributed by atoms with Crippen molar-refractivity contribution in [2.24, 2.45) is 0 Å². The topological polar surface area (TPSA) is 52.6 Å². The first-order valence-corrected chi connectivity index (χ1v) is 3.02. The van der Waals surface area contributed by atoms with Gasteiger partial charge in [-0.15, -0.1) is 0 Å². The number of carbonyl (C=O) groups is 2. The molecular weight excluding hydrogens is 160 g/mol. The van der Waals surface area contributed by atoms with Crippen LogP contribution in [-0.2, 0) is 19.1 Å². The Labute approximate surface area is 69.8 Å². The molecule has 0 atom stereocenters. The minimum Gasteiger partial charge on any atom is -0.432 e. The van der Waals surface area contributed by atoms with E-state index in [9.17, 15) is 9.59 Å². The van der Waals surface area contributed by atoms with Gasteiger partial charge in [-0.05, 0) is 0 Å². The highest BCUT2D eigenvalue weighted by Gasteiger charge is 1.96. The van der Waals surface area contributed by atoms with Gasteiger partial charge in [-0.25, -0.2) is 9.59 Å². The normalized spacial score (nSPS) is 9.00. The molecule has 0 aliphatic carbocycles. The van der Waals surface area contributed by atoms with Crippen LogP contribution in [0, 0.1) is 0 Å². The molecule has 0 saturated carbocycles. The highest BCUT2D eigenvalue weighted by Crippen LogP contribution is 1.85. The van der Waals surface area contributed by atoms with Gasteiger partial charge in [0, 0.05) is 12.2 Å². The molecule has 64 valence electrons. The Balaban J connectivity index is 3.88. The summed E-state index contributed by atoms with van der Waals surface area (Å²) in [6, 6.07) is 0. The SMILES string of the molecule is C=COC(=O)/C=C\C(=O)OC=C. The third kappa shape index (κ3) is 4.99. The van der Waals surface area contributed by atoms with Crippen molar-refractivity contribution >= 4 is 11.9 Å². The summed E-state index contributed by atoms with van der Waals surface area (Å²) in [6.07, 6.45) is 3.78. The van der Waals surface area contributed by atoms with Crippen LogP contribution in [0.15, 0.2) is 37.8 Å². The lowest BCUT2D eigenvalue weighted by molar-refractivity contribution is -0.135. The van der Waals surface area contributed by atoms with E-state index in [1.807, 2.05) is 0 Å². The van der Waals surface area contributed by atoms with E-state index in [1.165, 1.54) is 0 Å². The molecule has 4 nitrogen and oxygen atoms in total. The lowest BCUT2D eigenvalue weighted by Gasteiger charge is -1.90. The van der Waals surface area contributed by atoms with Crippen molar-refractivity contribution in [3.63, 3.8) is 0 Å². The number of rotatable bonds is 4. The smallest absolute Gasteiger partial charge is 0.335 e. The quantitative estimate of drug-likeness (QED) is 0.355. The third-order valence-electron chi connectivity index (χ3n) is 0.754. The fourth-order valence-electron chi connectivity index (χ4n) is 0.379. The van der Waals surface area contributed by atoms with Gasteiger partial charge in [0.2, 0.25) is 0 Å². The van der Waals surface area contributed by atoms with Crippen LogP contribution in [0.5, 0.6) is 0 Å². The summed E-state index contributed by atoms with van der Waals surface area (Å²) in [6.45, 7) is 6.31. The Morgan fingerprint density at radius 2 is 1.25 bits per heavy atom. The first kappa shape index (κ1) is 10.2. The van der Waals surface area contributed by atoms with Gasteiger partial charge in [0.05, 0.1) is 12.5 Å². The van der Waals surface area contributed by atoms with Crippen molar-refractivity contribution < 1.29 is 19.1 Å². The van der Waals surface area contributed by atoms with Crippen molar-refractivity contribution in [3.8, 4) is 0 Å². The molecule has 0 amide bonds. The van der Waals surface area contributed by atoms with Gasteiger partial charge in [-0.1, -0.05) is 13.2 Å². The Morgan fingerprint density at radius 1 is 0.917 bits per heavy atom. The summed E-state index contributed by atoms with van der Waals surface area (Å²) in [5.74, 6) is -1.38. The van der Waals surface area contributed by atoms with E-state index in [0.717, 1.165) is 24.7 Å². The minimum atomic E-state index is -0.689. The molecule has 12 heavy (non-hydrogen) atoms. The molecule has 0 saturated heterocycles. The van der Waals surface area contributed by atoms with E-state index < -0.39 is 11.9 Å². The molecule has 0 aliphatic heterocycles. The summed E-state index contributed by atoms with van der Waals surface area (Å²) >= 11 is 0. The van der Waals surface area contributed by atoms with Crippen molar-refractivity contribution in [1.82, 2.24) is 0 Å². The van der Waals surface area contributed by atoms with Gasteiger partial charge in [0.15, 0.2) is 0 Å². The number of hydrogen-bond acceptors (Lipinski definition) is 4. The summed E-state index contributed by atoms with van der Waals surface area (Å²) in [7, 11) is 0. The minimum absolute atomic E-state index is 0.689. The second-order valence-corrected chi connectivity index (χ2v) is 1.54. The van der Waals surface area contributed by atoms with E-state index in [4.69, 9.17) is 0 Å². The molecule has 0 spiro atoms. The van der Waals surface area contributed by atoms with Gasteiger partial charge >= 0.3 is 11.9 Å². The summed E-state index contributed by atoms with van der Waals surface area (Å²) in [4.78, 5) is 21.1. The van der Waals surface area contributed by atoms with E-state index in [-0.39, 0.29) is 0 Å². The van der Waals surface area contributed by atoms with Gasteiger partial charge in [-0.3, -0.25) is 0 Å². The maximum absolute atomic E-state index is 10.5. The van der Waals surface area contributed by atoms with E-state index in [2.05, 4.69) is 22.6 Å². The highest BCUT2D eigenvalue weighted by molar-refractivity contribution is 5.92. The van der Waals surface area contributed by atoms with Crippen LogP contribution in [0.1, 0.15) is 0 Å². The van der Waals surface area contributed by atoms with Gasteiger partial charge in [0.25, 0.3) is 0 Å². The molecule has 0 radical (unpaired) electrons. The maximum atomic E-state index is 10.5. The predicted molar refractivity (Wildman–Crippen MR) is 41.7 cm³/mol. The molecular formula is C8H8O4. The van der Waals surface area contributed by atoms with Gasteiger partial charge in [-0.2, -0.15) is 0 Å². The van der Waals surface area contributed by atoms with Crippen LogP contribution in [0.25, 0.3) is 0 Å². The highest BCUT2D eigenvalue weighted by atomic mass is 16.5. The Bertz CT molecular complexity index is 203. The Morgan fingerprint density at radius 3 is 1.50 bits per heavy atom. The molecule has 0 unspecified atom stereocenters. The summed E-state index contributed by atoms with van der Waals surface area (Å²) in [5.41, 5.74) is 0. The Hall–Kier alpha value is -1.84. The first-order valence-electron chi connectivity index (χ1n) is 3.02. The standard InChI is InChI=1S/C8H8O4/c1-3-11-7(9)5-6-8(10)12-4-2/h3-6H,1-2H2/b6-5-. The average Bonchev–Trinajstić information content (AvgIpc) is 2.02. The van der Waals surface area contributed by atoms with Crippen LogP contribution < -0.4 is 0 Å². The van der Waals surface area contributed by atoms with E-state index in [0.29, 0.717) is 0 Å². The summed E-state index contributed by atoms with van der Waals surface area (Å²) < 4.78 is 8.55. The maximum Gasteiger partial charge on any atom is 0.335 e. The van der Waals surface area contributed by atoms with Crippen LogP contribution >= 0.6 is 0 Å². The molecule has 0 aromatic rings. The van der Waals surface area contributed by atoms with Crippen molar-refractivity contribution in [3.05, 3.63) is 37.8 Å². The van der Waals surface area contributed by atoms with Crippen molar-refractivity contribution in [2.45, 2.75) is 0 Å². The van der Waals surface area contributed by atoms with Crippen molar-refractivity contribution in [2.75, 3.05) is 0 Å². The number of esters is 2. The zero-order chi connectivity index (χ0) is 9.40. The molecule has 0 aromatic heterocycles. The second kappa shape index (κ2) is 5.91. The molecule has 4 heteroatoms. The molecule has 0 heterocycles. The van der Waals surface area contributed by atoms with E-state index in [1.54, 1.807) is 0 Å². The monoisotopic (exact) mass is 168 g/mol. The van der Waals surface area contributed by atoms with Crippen molar-refractivity contribution in [1.29, 1.82) is 0 Å². The molecule has 0 aliphatic rings. The lowest BCUT2D eigenvalue weighted by atomic mass is 10.5. The number of carbonyl (C=O) groups excluding carboxylic acids is 2. The lowest BCUT2D eigenvalue weighted by Crippen LogP contribution is -1.98. The number of hydrogen-bond donors (Lipinski definition) is 0. The molecule has 0 aromatic carbocycles. The van der Waals surface area contributed by atoms with Crippen LogP contribution in [0.4, 0.5) is 0 Å². The Kier molecular flexibility index (Phi) is 5.00. The van der Waals surface area contributed by atoms with Gasteiger partial charge < -0.3 is 9.47 Å². The fraction of sp³-hybridized carbons (Fsp3) is 0. The van der Waals surface area contributed by atoms with E-state index >= 15 is 0 Å². The predicted octanol–water partition coefficient (Wildman–Crippen LogP) is 0.916. The van der Waals surface area contributed by atoms with Crippen LogP contribution in [0.2, 0.25) is 0 Å². The average molecular weight is 168 g/mol. The van der Waals surface area contributed by atoms with Crippen LogP contribution in [-0.4, -0.2) is 11.9 Å². The van der Waals surface area contributed by atoms with Gasteiger partial charge in [0.1, 0.15) is 0 Å². The molecule has 0 bridgehead atoms. The van der Waals surface area contributed by atoms with Crippen LogP contribution in [0.3, 0.4) is 0 Å².